The van der Waals surface area contributed by atoms with Gasteiger partial charge < -0.3 is 10.6 Å². The molecule has 0 aromatic carbocycles. The van der Waals surface area contributed by atoms with Gasteiger partial charge in [-0.15, -0.1) is 22.7 Å². The summed E-state index contributed by atoms with van der Waals surface area (Å²) in [6, 6.07) is -0.148. The van der Waals surface area contributed by atoms with Crippen LogP contribution in [-0.4, -0.2) is 22.5 Å². The number of thiazole rings is 2. The van der Waals surface area contributed by atoms with Gasteiger partial charge in [-0.3, -0.25) is 0 Å². The molecule has 2 N–H and O–H groups in total. The van der Waals surface area contributed by atoms with Gasteiger partial charge in [-0.05, 0) is 12.8 Å². The van der Waals surface area contributed by atoms with E-state index in [0.717, 1.165) is 22.8 Å². The van der Waals surface area contributed by atoms with Gasteiger partial charge in [0.25, 0.3) is 0 Å². The van der Waals surface area contributed by atoms with E-state index in [1.54, 1.807) is 22.7 Å². The predicted octanol–water partition coefficient (Wildman–Crippen LogP) is 3.64. The zero-order valence-electron chi connectivity index (χ0n) is 13.5. The maximum absolute atomic E-state index is 11.8. The van der Waals surface area contributed by atoms with Crippen LogP contribution in [0.3, 0.4) is 0 Å². The highest BCUT2D eigenvalue weighted by Crippen LogP contribution is 2.41. The van der Waals surface area contributed by atoms with Crippen LogP contribution in [0.2, 0.25) is 0 Å². The number of hydrogen-bond donors (Lipinski definition) is 2. The van der Waals surface area contributed by atoms with Crippen molar-refractivity contribution in [2.24, 2.45) is 0 Å². The molecule has 1 fully saturated rings. The Morgan fingerprint density at radius 3 is 2.70 bits per heavy atom. The van der Waals surface area contributed by atoms with Crippen LogP contribution < -0.4 is 10.6 Å². The first-order chi connectivity index (χ1) is 11.1. The molecule has 1 aliphatic carbocycles. The van der Waals surface area contributed by atoms with Crippen molar-refractivity contribution >= 4 is 28.7 Å². The molecule has 5 nitrogen and oxygen atoms in total. The Kier molecular flexibility index (Phi) is 5.27. The van der Waals surface area contributed by atoms with Crippen LogP contribution in [0.4, 0.5) is 4.79 Å². The highest BCUT2D eigenvalue weighted by molar-refractivity contribution is 7.10. The Hall–Kier alpha value is -1.47. The summed E-state index contributed by atoms with van der Waals surface area (Å²) in [7, 11) is 0. The highest BCUT2D eigenvalue weighted by Gasteiger charge is 2.26. The normalized spacial score (nSPS) is 14.2. The van der Waals surface area contributed by atoms with Crippen LogP contribution in [0.25, 0.3) is 0 Å². The number of hydrogen-bond acceptors (Lipinski definition) is 5. The van der Waals surface area contributed by atoms with E-state index in [2.05, 4.69) is 39.8 Å². The molecule has 23 heavy (non-hydrogen) atoms. The lowest BCUT2D eigenvalue weighted by molar-refractivity contribution is 0.240. The van der Waals surface area contributed by atoms with E-state index in [9.17, 15) is 4.79 Å². The highest BCUT2D eigenvalue weighted by atomic mass is 32.1. The van der Waals surface area contributed by atoms with Gasteiger partial charge in [0.2, 0.25) is 0 Å². The van der Waals surface area contributed by atoms with E-state index in [1.165, 1.54) is 17.8 Å². The van der Waals surface area contributed by atoms with Crippen LogP contribution in [0.5, 0.6) is 0 Å². The molecule has 1 aliphatic rings. The molecule has 2 aromatic heterocycles. The van der Waals surface area contributed by atoms with Crippen LogP contribution in [0, 0.1) is 0 Å². The first-order valence-corrected chi connectivity index (χ1v) is 9.78. The quantitative estimate of drug-likeness (QED) is 0.801. The fourth-order valence-corrected chi connectivity index (χ4v) is 4.02. The number of rotatable bonds is 7. The summed E-state index contributed by atoms with van der Waals surface area (Å²) in [5.74, 6) is 1.14. The molecular formula is C16H22N4OS2. The maximum Gasteiger partial charge on any atom is 0.315 e. The van der Waals surface area contributed by atoms with Crippen molar-refractivity contribution in [3.05, 3.63) is 32.2 Å². The molecule has 0 spiro atoms. The van der Waals surface area contributed by atoms with Gasteiger partial charge in [-0.25, -0.2) is 14.8 Å². The Labute approximate surface area is 144 Å². The van der Waals surface area contributed by atoms with Crippen LogP contribution in [-0.2, 0) is 13.0 Å². The summed E-state index contributed by atoms with van der Waals surface area (Å²) >= 11 is 3.39. The van der Waals surface area contributed by atoms with Gasteiger partial charge in [0.05, 0.1) is 27.9 Å². The summed E-state index contributed by atoms with van der Waals surface area (Å²) in [6.45, 7) is 5.36. The minimum atomic E-state index is -0.148. The molecule has 0 bridgehead atoms. The monoisotopic (exact) mass is 350 g/mol. The standard InChI is InChI=1S/C16H22N4OS2/c1-10(2)14-19-12(8-22-14)5-6-17-16(21)18-7-13-9-23-15(20-13)11-3-4-11/h8-11H,3-7H2,1-2H3,(H2,17,18,21). The fraction of sp³-hybridized carbons (Fsp3) is 0.562. The molecule has 0 aliphatic heterocycles. The summed E-state index contributed by atoms with van der Waals surface area (Å²) in [5, 5.41) is 12.2. The third kappa shape index (κ3) is 4.75. The molecule has 3 rings (SSSR count). The summed E-state index contributed by atoms with van der Waals surface area (Å²) < 4.78 is 0. The first-order valence-electron chi connectivity index (χ1n) is 8.02. The Morgan fingerprint density at radius 1 is 1.22 bits per heavy atom. The first kappa shape index (κ1) is 16.4. The molecule has 0 atom stereocenters. The fourth-order valence-electron chi connectivity index (χ4n) is 2.16. The number of urea groups is 1. The number of nitrogens with one attached hydrogen (secondary N) is 2. The minimum Gasteiger partial charge on any atom is -0.338 e. The summed E-state index contributed by atoms with van der Waals surface area (Å²) in [6.07, 6.45) is 3.28. The van der Waals surface area contributed by atoms with Crippen molar-refractivity contribution in [3.63, 3.8) is 0 Å². The van der Waals surface area contributed by atoms with Crippen molar-refractivity contribution in [3.8, 4) is 0 Å². The molecule has 2 heterocycles. The minimum absolute atomic E-state index is 0.148. The molecule has 2 aromatic rings. The lowest BCUT2D eigenvalue weighted by Gasteiger charge is -2.05. The lowest BCUT2D eigenvalue weighted by Crippen LogP contribution is -2.36. The molecule has 0 saturated heterocycles. The number of carbonyl (C=O) groups excluding carboxylic acids is 1. The van der Waals surface area contributed by atoms with E-state index < -0.39 is 0 Å². The average molecular weight is 351 g/mol. The molecule has 124 valence electrons. The number of nitrogens with zero attached hydrogens (tertiary/aromatic N) is 2. The van der Waals surface area contributed by atoms with Gasteiger partial charge in [-0.1, -0.05) is 13.8 Å². The van der Waals surface area contributed by atoms with Crippen LogP contribution in [0.15, 0.2) is 10.8 Å². The van der Waals surface area contributed by atoms with E-state index in [0.29, 0.717) is 24.9 Å². The predicted molar refractivity (Wildman–Crippen MR) is 94.2 cm³/mol. The summed E-state index contributed by atoms with van der Waals surface area (Å²) in [4.78, 5) is 20.9. The third-order valence-electron chi connectivity index (χ3n) is 3.66. The second kappa shape index (κ2) is 7.40. The molecular weight excluding hydrogens is 328 g/mol. The SMILES string of the molecule is CC(C)c1nc(CCNC(=O)NCc2csc(C3CC3)n2)cs1. The van der Waals surface area contributed by atoms with Crippen molar-refractivity contribution < 1.29 is 4.79 Å². The molecule has 0 radical (unpaired) electrons. The van der Waals surface area contributed by atoms with Crippen molar-refractivity contribution in [1.29, 1.82) is 0 Å². The molecule has 2 amide bonds. The van der Waals surface area contributed by atoms with E-state index in [1.807, 2.05) is 5.38 Å². The van der Waals surface area contributed by atoms with Crippen LogP contribution >= 0.6 is 22.7 Å². The summed E-state index contributed by atoms with van der Waals surface area (Å²) in [5.41, 5.74) is 2.00. The van der Waals surface area contributed by atoms with E-state index in [-0.39, 0.29) is 6.03 Å². The van der Waals surface area contributed by atoms with Gasteiger partial charge in [-0.2, -0.15) is 0 Å². The third-order valence-corrected chi connectivity index (χ3v) is 5.91. The second-order valence-electron chi connectivity index (χ2n) is 6.14. The van der Waals surface area contributed by atoms with Crippen molar-refractivity contribution in [2.75, 3.05) is 6.54 Å². The average Bonchev–Trinajstić information content (AvgIpc) is 3.08. The molecule has 7 heteroatoms. The molecule has 1 saturated carbocycles. The smallest absolute Gasteiger partial charge is 0.315 e. The zero-order valence-corrected chi connectivity index (χ0v) is 15.1. The topological polar surface area (TPSA) is 66.9 Å². The number of aromatic nitrogens is 2. The van der Waals surface area contributed by atoms with Gasteiger partial charge in [0.15, 0.2) is 0 Å². The Bertz CT molecular complexity index is 661. The van der Waals surface area contributed by atoms with Gasteiger partial charge >= 0.3 is 6.03 Å². The Morgan fingerprint density at radius 2 is 2.00 bits per heavy atom. The van der Waals surface area contributed by atoms with E-state index in [4.69, 9.17) is 0 Å². The number of amides is 2. The largest absolute Gasteiger partial charge is 0.338 e. The van der Waals surface area contributed by atoms with Gasteiger partial charge in [0, 0.05) is 35.6 Å². The lowest BCUT2D eigenvalue weighted by atomic mass is 10.2. The van der Waals surface area contributed by atoms with Crippen molar-refractivity contribution in [2.45, 2.75) is 51.5 Å². The second-order valence-corrected chi connectivity index (χ2v) is 7.92. The maximum atomic E-state index is 11.8. The van der Waals surface area contributed by atoms with Gasteiger partial charge in [0.1, 0.15) is 0 Å². The van der Waals surface area contributed by atoms with Crippen LogP contribution in [0.1, 0.15) is 59.9 Å². The zero-order chi connectivity index (χ0) is 16.2. The number of carbonyl (C=O) groups is 1. The Balaban J connectivity index is 1.35. The van der Waals surface area contributed by atoms with E-state index >= 15 is 0 Å². The van der Waals surface area contributed by atoms with Crippen molar-refractivity contribution in [1.82, 2.24) is 20.6 Å². The molecule has 0 unspecified atom stereocenters.